The van der Waals surface area contributed by atoms with Crippen molar-refractivity contribution in [3.63, 3.8) is 0 Å². The molecule has 1 fully saturated rings. The van der Waals surface area contributed by atoms with Gasteiger partial charge in [-0.1, -0.05) is 11.8 Å². The van der Waals surface area contributed by atoms with Gasteiger partial charge < -0.3 is 9.64 Å². The third kappa shape index (κ3) is 3.87. The van der Waals surface area contributed by atoms with E-state index in [0.717, 1.165) is 15.2 Å². The van der Waals surface area contributed by atoms with Crippen molar-refractivity contribution < 1.29 is 14.3 Å². The summed E-state index contributed by atoms with van der Waals surface area (Å²) in [6, 6.07) is 1.95. The van der Waals surface area contributed by atoms with E-state index in [1.165, 1.54) is 18.1 Å². The van der Waals surface area contributed by atoms with E-state index < -0.39 is 0 Å². The Morgan fingerprint density at radius 2 is 2.17 bits per heavy atom. The minimum Gasteiger partial charge on any atom is -0.466 e. The minimum atomic E-state index is -0.139. The van der Waals surface area contributed by atoms with E-state index in [2.05, 4.69) is 9.97 Å². The van der Waals surface area contributed by atoms with E-state index in [-0.39, 0.29) is 17.8 Å². The van der Waals surface area contributed by atoms with Gasteiger partial charge in [0.15, 0.2) is 0 Å². The van der Waals surface area contributed by atoms with Crippen molar-refractivity contribution in [2.45, 2.75) is 24.8 Å². The van der Waals surface area contributed by atoms with Crippen LogP contribution in [0.5, 0.6) is 0 Å². The summed E-state index contributed by atoms with van der Waals surface area (Å²) in [6.45, 7) is 3.44. The van der Waals surface area contributed by atoms with E-state index in [1.54, 1.807) is 11.3 Å². The molecular formula is C16H19N3O3S2. The third-order valence-corrected chi connectivity index (χ3v) is 6.02. The number of ether oxygens (including phenoxy) is 1. The molecule has 1 amide bonds. The van der Waals surface area contributed by atoms with Crippen LogP contribution in [0.2, 0.25) is 0 Å². The SMILES string of the molecule is CCOC(=O)C1CCN(C(=O)CSc2ncnc3ccsc23)CC1. The van der Waals surface area contributed by atoms with Crippen LogP contribution >= 0.6 is 23.1 Å². The largest absolute Gasteiger partial charge is 0.466 e. The van der Waals surface area contributed by atoms with E-state index in [9.17, 15) is 9.59 Å². The van der Waals surface area contributed by atoms with Gasteiger partial charge in [-0.25, -0.2) is 9.97 Å². The number of thiophene rings is 1. The lowest BCUT2D eigenvalue weighted by molar-refractivity contribution is -0.151. The van der Waals surface area contributed by atoms with Crippen molar-refractivity contribution >= 4 is 45.2 Å². The average molecular weight is 365 g/mol. The second kappa shape index (κ2) is 7.94. The van der Waals surface area contributed by atoms with Crippen molar-refractivity contribution in [3.05, 3.63) is 17.8 Å². The number of fused-ring (bicyclic) bond motifs is 1. The first kappa shape index (κ1) is 17.2. The summed E-state index contributed by atoms with van der Waals surface area (Å²) in [5, 5.41) is 2.83. The second-order valence-corrected chi connectivity index (χ2v) is 7.39. The number of amides is 1. The number of carbonyl (C=O) groups is 2. The normalized spacial score (nSPS) is 15.6. The Balaban J connectivity index is 1.51. The summed E-state index contributed by atoms with van der Waals surface area (Å²) >= 11 is 3.04. The number of hydrogen-bond acceptors (Lipinski definition) is 7. The van der Waals surface area contributed by atoms with E-state index >= 15 is 0 Å². The number of nitrogens with zero attached hydrogens (tertiary/aromatic N) is 3. The molecule has 1 aliphatic rings. The Morgan fingerprint density at radius 1 is 1.38 bits per heavy atom. The van der Waals surface area contributed by atoms with Gasteiger partial charge in [0.25, 0.3) is 0 Å². The lowest BCUT2D eigenvalue weighted by Crippen LogP contribution is -2.41. The zero-order valence-corrected chi connectivity index (χ0v) is 15.1. The molecule has 0 aromatic carbocycles. The molecule has 1 saturated heterocycles. The highest BCUT2D eigenvalue weighted by Gasteiger charge is 2.28. The van der Waals surface area contributed by atoms with Gasteiger partial charge in [0.05, 0.1) is 28.5 Å². The fraction of sp³-hybridized carbons (Fsp3) is 0.500. The highest BCUT2D eigenvalue weighted by Crippen LogP contribution is 2.29. The van der Waals surface area contributed by atoms with Gasteiger partial charge in [0, 0.05) is 13.1 Å². The number of likely N-dealkylation sites (tertiary alicyclic amines) is 1. The summed E-state index contributed by atoms with van der Waals surface area (Å²) in [5.74, 6) is 0.230. The van der Waals surface area contributed by atoms with Gasteiger partial charge >= 0.3 is 5.97 Å². The molecule has 24 heavy (non-hydrogen) atoms. The Labute approximate surface area is 148 Å². The number of piperidine rings is 1. The first-order valence-corrected chi connectivity index (χ1v) is 9.81. The van der Waals surface area contributed by atoms with Gasteiger partial charge in [0.1, 0.15) is 11.4 Å². The van der Waals surface area contributed by atoms with Crippen LogP contribution in [0.25, 0.3) is 10.2 Å². The van der Waals surface area contributed by atoms with Crippen molar-refractivity contribution in [1.29, 1.82) is 0 Å². The topological polar surface area (TPSA) is 72.4 Å². The quantitative estimate of drug-likeness (QED) is 0.461. The summed E-state index contributed by atoms with van der Waals surface area (Å²) in [5.41, 5.74) is 0.917. The Hall–Kier alpha value is -1.67. The van der Waals surface area contributed by atoms with Crippen LogP contribution in [-0.2, 0) is 14.3 Å². The Kier molecular flexibility index (Phi) is 5.68. The maximum absolute atomic E-state index is 12.4. The molecule has 1 aliphatic heterocycles. The molecule has 8 heteroatoms. The first-order chi connectivity index (χ1) is 11.7. The van der Waals surface area contributed by atoms with Crippen molar-refractivity contribution in [1.82, 2.24) is 14.9 Å². The lowest BCUT2D eigenvalue weighted by Gasteiger charge is -2.30. The first-order valence-electron chi connectivity index (χ1n) is 7.94. The number of aromatic nitrogens is 2. The molecular weight excluding hydrogens is 346 g/mol. The molecule has 0 radical (unpaired) electrons. The van der Waals surface area contributed by atoms with Gasteiger partial charge in [-0.3, -0.25) is 9.59 Å². The summed E-state index contributed by atoms with van der Waals surface area (Å²) < 4.78 is 6.08. The molecule has 3 heterocycles. The van der Waals surface area contributed by atoms with Gasteiger partial charge in [-0.2, -0.15) is 0 Å². The number of rotatable bonds is 5. The molecule has 0 atom stereocenters. The molecule has 0 saturated carbocycles. The third-order valence-electron chi connectivity index (χ3n) is 4.01. The van der Waals surface area contributed by atoms with E-state index in [4.69, 9.17) is 4.74 Å². The summed E-state index contributed by atoms with van der Waals surface area (Å²) in [4.78, 5) is 34.5. The lowest BCUT2D eigenvalue weighted by atomic mass is 9.97. The van der Waals surface area contributed by atoms with Crippen LogP contribution in [0.15, 0.2) is 22.8 Å². The van der Waals surface area contributed by atoms with Gasteiger partial charge in [0.2, 0.25) is 5.91 Å². The predicted octanol–water partition coefficient (Wildman–Crippen LogP) is 2.59. The Morgan fingerprint density at radius 3 is 2.92 bits per heavy atom. The summed E-state index contributed by atoms with van der Waals surface area (Å²) in [6.07, 6.45) is 2.89. The molecule has 0 spiro atoms. The highest BCUT2D eigenvalue weighted by atomic mass is 32.2. The van der Waals surface area contributed by atoms with Crippen LogP contribution in [0.1, 0.15) is 19.8 Å². The van der Waals surface area contributed by atoms with Crippen LogP contribution < -0.4 is 0 Å². The molecule has 2 aromatic heterocycles. The molecule has 3 rings (SSSR count). The van der Waals surface area contributed by atoms with Crippen molar-refractivity contribution in [2.24, 2.45) is 5.92 Å². The van der Waals surface area contributed by atoms with Crippen LogP contribution in [-0.4, -0.2) is 52.2 Å². The monoisotopic (exact) mass is 365 g/mol. The van der Waals surface area contributed by atoms with Crippen LogP contribution in [0.3, 0.4) is 0 Å². The number of thioether (sulfide) groups is 1. The van der Waals surface area contributed by atoms with Crippen molar-refractivity contribution in [3.8, 4) is 0 Å². The van der Waals surface area contributed by atoms with Crippen LogP contribution in [0, 0.1) is 5.92 Å². The molecule has 0 bridgehead atoms. The molecule has 0 unspecified atom stereocenters. The fourth-order valence-corrected chi connectivity index (χ4v) is 4.56. The van der Waals surface area contributed by atoms with Crippen LogP contribution in [0.4, 0.5) is 0 Å². The van der Waals surface area contributed by atoms with E-state index in [1.807, 2.05) is 23.3 Å². The minimum absolute atomic E-state index is 0.0748. The molecule has 128 valence electrons. The second-order valence-electron chi connectivity index (χ2n) is 5.51. The van der Waals surface area contributed by atoms with Gasteiger partial charge in [-0.05, 0) is 31.2 Å². The average Bonchev–Trinajstić information content (AvgIpc) is 3.09. The Bertz CT molecular complexity index is 726. The number of carbonyl (C=O) groups excluding carboxylic acids is 2. The van der Waals surface area contributed by atoms with E-state index in [0.29, 0.717) is 38.3 Å². The summed E-state index contributed by atoms with van der Waals surface area (Å²) in [7, 11) is 0. The molecule has 0 N–H and O–H groups in total. The standard InChI is InChI=1S/C16H19N3O3S2/c1-2-22-16(21)11-3-6-19(7-4-11)13(20)9-24-15-14-12(5-8-23-14)17-10-18-15/h5,8,10-11H,2-4,6-7,9H2,1H3. The smallest absolute Gasteiger partial charge is 0.309 e. The zero-order valence-electron chi connectivity index (χ0n) is 13.4. The van der Waals surface area contributed by atoms with Crippen molar-refractivity contribution in [2.75, 3.05) is 25.4 Å². The molecule has 6 nitrogen and oxygen atoms in total. The van der Waals surface area contributed by atoms with Gasteiger partial charge in [-0.15, -0.1) is 11.3 Å². The zero-order chi connectivity index (χ0) is 16.9. The number of hydrogen-bond donors (Lipinski definition) is 0. The predicted molar refractivity (Wildman–Crippen MR) is 94.1 cm³/mol. The molecule has 0 aliphatic carbocycles. The maximum Gasteiger partial charge on any atom is 0.309 e. The fourth-order valence-electron chi connectivity index (χ4n) is 2.72. The maximum atomic E-state index is 12.4. The molecule has 2 aromatic rings. The number of esters is 1. The highest BCUT2D eigenvalue weighted by molar-refractivity contribution is 8.00.